The van der Waals surface area contributed by atoms with Crippen molar-refractivity contribution in [1.29, 1.82) is 0 Å². The first-order valence-electron chi connectivity index (χ1n) is 6.56. The van der Waals surface area contributed by atoms with E-state index in [9.17, 15) is 4.39 Å². The zero-order chi connectivity index (χ0) is 14.8. The van der Waals surface area contributed by atoms with Crippen molar-refractivity contribution in [1.82, 2.24) is 10.1 Å². The molecule has 1 atom stereocenters. The number of aryl methyl sites for hydroxylation is 1. The lowest BCUT2D eigenvalue weighted by Gasteiger charge is -2.05. The minimum absolute atomic E-state index is 0.291. The molecule has 4 nitrogen and oxygen atoms in total. The van der Waals surface area contributed by atoms with E-state index in [0.29, 0.717) is 11.7 Å². The van der Waals surface area contributed by atoms with Gasteiger partial charge in [-0.3, -0.25) is 0 Å². The van der Waals surface area contributed by atoms with Gasteiger partial charge in [-0.05, 0) is 36.2 Å². The molecule has 0 unspecified atom stereocenters. The van der Waals surface area contributed by atoms with Crippen molar-refractivity contribution >= 4 is 0 Å². The van der Waals surface area contributed by atoms with Crippen LogP contribution in [0.15, 0.2) is 53.1 Å². The van der Waals surface area contributed by atoms with Crippen LogP contribution in [0.4, 0.5) is 4.39 Å². The molecule has 0 saturated carbocycles. The first-order chi connectivity index (χ1) is 10.1. The number of benzene rings is 2. The van der Waals surface area contributed by atoms with E-state index in [4.69, 9.17) is 10.3 Å². The van der Waals surface area contributed by atoms with Gasteiger partial charge < -0.3 is 10.3 Å². The largest absolute Gasteiger partial charge is 0.337 e. The molecule has 1 aromatic heterocycles. The molecule has 0 aliphatic heterocycles. The SMILES string of the molecule is Cc1cc(F)ccc1-c1noc([C@H](N)c2ccccc2)n1. The highest BCUT2D eigenvalue weighted by molar-refractivity contribution is 5.59. The van der Waals surface area contributed by atoms with Gasteiger partial charge in [0.25, 0.3) is 0 Å². The van der Waals surface area contributed by atoms with Gasteiger partial charge in [0.05, 0.1) is 0 Å². The van der Waals surface area contributed by atoms with Gasteiger partial charge in [-0.2, -0.15) is 4.98 Å². The number of nitrogens with two attached hydrogens (primary N) is 1. The van der Waals surface area contributed by atoms with Gasteiger partial charge in [0.2, 0.25) is 11.7 Å². The van der Waals surface area contributed by atoms with E-state index in [-0.39, 0.29) is 5.82 Å². The molecular formula is C16H14FN3O. The van der Waals surface area contributed by atoms with E-state index in [1.807, 2.05) is 30.3 Å². The highest BCUT2D eigenvalue weighted by Crippen LogP contribution is 2.24. The maximum absolute atomic E-state index is 13.1. The van der Waals surface area contributed by atoms with Crippen LogP contribution in [-0.4, -0.2) is 10.1 Å². The summed E-state index contributed by atoms with van der Waals surface area (Å²) in [6.07, 6.45) is 0. The third kappa shape index (κ3) is 2.68. The Bertz CT molecular complexity index is 755. The van der Waals surface area contributed by atoms with Crippen LogP contribution in [-0.2, 0) is 0 Å². The van der Waals surface area contributed by atoms with Crippen LogP contribution < -0.4 is 5.73 Å². The van der Waals surface area contributed by atoms with Gasteiger partial charge in [-0.15, -0.1) is 0 Å². The molecule has 0 spiro atoms. The summed E-state index contributed by atoms with van der Waals surface area (Å²) >= 11 is 0. The monoisotopic (exact) mass is 283 g/mol. The van der Waals surface area contributed by atoms with Crippen molar-refractivity contribution < 1.29 is 8.91 Å². The second-order valence-electron chi connectivity index (χ2n) is 4.80. The summed E-state index contributed by atoms with van der Waals surface area (Å²) in [6, 6.07) is 13.5. The Morgan fingerprint density at radius 3 is 2.62 bits per heavy atom. The smallest absolute Gasteiger partial charge is 0.248 e. The molecule has 0 aliphatic carbocycles. The summed E-state index contributed by atoms with van der Waals surface area (Å²) in [4.78, 5) is 4.32. The van der Waals surface area contributed by atoms with Gasteiger partial charge in [0.15, 0.2) is 0 Å². The average molecular weight is 283 g/mol. The highest BCUT2D eigenvalue weighted by atomic mass is 19.1. The van der Waals surface area contributed by atoms with E-state index >= 15 is 0 Å². The Balaban J connectivity index is 1.93. The second-order valence-corrected chi connectivity index (χ2v) is 4.80. The molecular weight excluding hydrogens is 269 g/mol. The lowest BCUT2D eigenvalue weighted by atomic mass is 10.1. The lowest BCUT2D eigenvalue weighted by Crippen LogP contribution is -2.12. The van der Waals surface area contributed by atoms with Gasteiger partial charge >= 0.3 is 0 Å². The third-order valence-corrected chi connectivity index (χ3v) is 3.30. The first-order valence-corrected chi connectivity index (χ1v) is 6.56. The van der Waals surface area contributed by atoms with Crippen LogP contribution in [0.5, 0.6) is 0 Å². The van der Waals surface area contributed by atoms with Crippen LogP contribution in [0.25, 0.3) is 11.4 Å². The Morgan fingerprint density at radius 2 is 1.90 bits per heavy atom. The average Bonchev–Trinajstić information content (AvgIpc) is 2.97. The van der Waals surface area contributed by atoms with Crippen molar-refractivity contribution in [2.24, 2.45) is 5.73 Å². The van der Waals surface area contributed by atoms with E-state index < -0.39 is 6.04 Å². The van der Waals surface area contributed by atoms with E-state index in [1.165, 1.54) is 12.1 Å². The minimum Gasteiger partial charge on any atom is -0.337 e. The van der Waals surface area contributed by atoms with Gasteiger partial charge in [-0.1, -0.05) is 35.5 Å². The topological polar surface area (TPSA) is 64.9 Å². The van der Waals surface area contributed by atoms with Gasteiger partial charge in [-0.25, -0.2) is 4.39 Å². The zero-order valence-corrected chi connectivity index (χ0v) is 11.5. The fourth-order valence-electron chi connectivity index (χ4n) is 2.15. The molecule has 0 amide bonds. The number of aromatic nitrogens is 2. The standard InChI is InChI=1S/C16H14FN3O/c1-10-9-12(17)7-8-13(10)15-19-16(21-20-15)14(18)11-5-3-2-4-6-11/h2-9,14H,18H2,1H3/t14-/m1/s1. The van der Waals surface area contributed by atoms with E-state index in [0.717, 1.165) is 16.7 Å². The van der Waals surface area contributed by atoms with Crippen LogP contribution in [0.3, 0.4) is 0 Å². The maximum atomic E-state index is 13.1. The number of hydrogen-bond donors (Lipinski definition) is 1. The fraction of sp³-hybridized carbons (Fsp3) is 0.125. The predicted octanol–water partition coefficient (Wildman–Crippen LogP) is 3.23. The molecule has 5 heteroatoms. The lowest BCUT2D eigenvalue weighted by molar-refractivity contribution is 0.367. The molecule has 0 radical (unpaired) electrons. The molecule has 0 fully saturated rings. The summed E-state index contributed by atoms with van der Waals surface area (Å²) in [7, 11) is 0. The second kappa shape index (κ2) is 5.46. The number of halogens is 1. The Morgan fingerprint density at radius 1 is 1.14 bits per heavy atom. The maximum Gasteiger partial charge on any atom is 0.248 e. The van der Waals surface area contributed by atoms with Crippen LogP contribution in [0, 0.1) is 12.7 Å². The number of hydrogen-bond acceptors (Lipinski definition) is 4. The fourth-order valence-corrected chi connectivity index (χ4v) is 2.15. The molecule has 3 rings (SSSR count). The molecule has 0 aliphatic rings. The first kappa shape index (κ1) is 13.5. The van der Waals surface area contributed by atoms with Gasteiger partial charge in [0, 0.05) is 5.56 Å². The summed E-state index contributed by atoms with van der Waals surface area (Å²) in [5.41, 5.74) is 8.48. The molecule has 2 N–H and O–H groups in total. The highest BCUT2D eigenvalue weighted by Gasteiger charge is 2.18. The molecule has 1 heterocycles. The number of rotatable bonds is 3. The van der Waals surface area contributed by atoms with Crippen molar-refractivity contribution in [3.8, 4) is 11.4 Å². The quantitative estimate of drug-likeness (QED) is 0.801. The molecule has 3 aromatic rings. The molecule has 2 aromatic carbocycles. The molecule has 0 saturated heterocycles. The Kier molecular flexibility index (Phi) is 3.50. The summed E-state index contributed by atoms with van der Waals surface area (Å²) in [5.74, 6) is 0.453. The van der Waals surface area contributed by atoms with Crippen LogP contribution in [0.2, 0.25) is 0 Å². The van der Waals surface area contributed by atoms with Gasteiger partial charge in [0.1, 0.15) is 11.9 Å². The normalized spacial score (nSPS) is 12.3. The summed E-state index contributed by atoms with van der Waals surface area (Å²) in [6.45, 7) is 1.80. The Labute approximate surface area is 121 Å². The van der Waals surface area contributed by atoms with E-state index in [1.54, 1.807) is 13.0 Å². The summed E-state index contributed by atoms with van der Waals surface area (Å²) < 4.78 is 18.4. The van der Waals surface area contributed by atoms with Crippen LogP contribution >= 0.6 is 0 Å². The minimum atomic E-state index is -0.479. The number of nitrogens with zero attached hydrogens (tertiary/aromatic N) is 2. The van der Waals surface area contributed by atoms with Crippen molar-refractivity contribution in [3.05, 3.63) is 71.4 Å². The molecule has 106 valence electrons. The van der Waals surface area contributed by atoms with Crippen molar-refractivity contribution in [3.63, 3.8) is 0 Å². The summed E-state index contributed by atoms with van der Waals surface area (Å²) in [5, 5.41) is 3.93. The van der Waals surface area contributed by atoms with E-state index in [2.05, 4.69) is 10.1 Å². The van der Waals surface area contributed by atoms with Crippen molar-refractivity contribution in [2.45, 2.75) is 13.0 Å². The zero-order valence-electron chi connectivity index (χ0n) is 11.5. The molecule has 0 bridgehead atoms. The predicted molar refractivity (Wildman–Crippen MR) is 76.9 cm³/mol. The molecule has 21 heavy (non-hydrogen) atoms. The van der Waals surface area contributed by atoms with Crippen molar-refractivity contribution in [2.75, 3.05) is 0 Å². The Hall–Kier alpha value is -2.53. The van der Waals surface area contributed by atoms with Crippen LogP contribution in [0.1, 0.15) is 23.1 Å². The third-order valence-electron chi connectivity index (χ3n) is 3.30.